The fraction of sp³-hybridized carbons (Fsp3) is 0.600. The van der Waals surface area contributed by atoms with E-state index in [1.54, 1.807) is 13.4 Å². The second kappa shape index (κ2) is 9.78. The lowest BCUT2D eigenvalue weighted by molar-refractivity contribution is -0.122. The van der Waals surface area contributed by atoms with Gasteiger partial charge in [0.15, 0.2) is 0 Å². The maximum absolute atomic E-state index is 8.36. The van der Waals surface area contributed by atoms with Crippen LogP contribution in [0.3, 0.4) is 0 Å². The van der Waals surface area contributed by atoms with E-state index in [0.717, 1.165) is 37.0 Å². The van der Waals surface area contributed by atoms with Crippen LogP contribution in [0.25, 0.3) is 0 Å². The predicted molar refractivity (Wildman–Crippen MR) is 88.4 cm³/mol. The summed E-state index contributed by atoms with van der Waals surface area (Å²) in [5.41, 5.74) is 2.30. The fourth-order valence-corrected chi connectivity index (χ4v) is 2.24. The Morgan fingerprint density at radius 2 is 1.96 bits per heavy atom. The fourth-order valence-electron chi connectivity index (χ4n) is 2.24. The van der Waals surface area contributed by atoms with Crippen molar-refractivity contribution in [3.05, 3.63) is 29.4 Å². The van der Waals surface area contributed by atoms with Gasteiger partial charge in [-0.25, -0.2) is 4.98 Å². The highest BCUT2D eigenvalue weighted by atomic mass is 16.5. The van der Waals surface area contributed by atoms with Crippen LogP contribution in [0.2, 0.25) is 0 Å². The summed E-state index contributed by atoms with van der Waals surface area (Å²) in [5, 5.41) is 15.1. The first-order chi connectivity index (χ1) is 11.4. The van der Waals surface area contributed by atoms with Gasteiger partial charge < -0.3 is 19.0 Å². The number of carbonyl (C=O) groups is 1. The predicted octanol–water partition coefficient (Wildman–Crippen LogP) is 0.608. The molecule has 0 saturated carbocycles. The largest absolute Gasteiger partial charge is 0.483 e. The standard InChI is InChI=1S/C14H24N6O.CH2O2/c1-11-12(2)19(4)13(16-11)8-18(3)9-14-17-15-10-20(14)6-7-21-5;2-1-3/h10H,6-9H2,1-5H3;1H,(H,2,3). The summed E-state index contributed by atoms with van der Waals surface area (Å²) in [7, 11) is 5.82. The Kier molecular flexibility index (Phi) is 8.07. The zero-order valence-corrected chi connectivity index (χ0v) is 14.9. The molecule has 0 aliphatic heterocycles. The molecule has 9 nitrogen and oxygen atoms in total. The maximum Gasteiger partial charge on any atom is 0.290 e. The van der Waals surface area contributed by atoms with Crippen LogP contribution in [0.15, 0.2) is 6.33 Å². The SMILES string of the molecule is COCCn1cnnc1CN(C)Cc1nc(C)c(C)n1C.O=CO. The van der Waals surface area contributed by atoms with Gasteiger partial charge in [-0.05, 0) is 20.9 Å². The Morgan fingerprint density at radius 3 is 2.50 bits per heavy atom. The Labute approximate surface area is 141 Å². The smallest absolute Gasteiger partial charge is 0.290 e. The first kappa shape index (κ1) is 19.8. The summed E-state index contributed by atoms with van der Waals surface area (Å²) in [5.74, 6) is 2.01. The van der Waals surface area contributed by atoms with Crippen LogP contribution in [0.5, 0.6) is 0 Å². The van der Waals surface area contributed by atoms with E-state index in [1.807, 2.05) is 11.5 Å². The van der Waals surface area contributed by atoms with Gasteiger partial charge in [0.2, 0.25) is 0 Å². The molecule has 2 aromatic rings. The number of nitrogens with zero attached hydrogens (tertiary/aromatic N) is 6. The Balaban J connectivity index is 0.000000891. The van der Waals surface area contributed by atoms with Gasteiger partial charge >= 0.3 is 0 Å². The third kappa shape index (κ3) is 5.43. The molecule has 0 aliphatic rings. The van der Waals surface area contributed by atoms with Crippen molar-refractivity contribution in [3.63, 3.8) is 0 Å². The number of imidazole rings is 1. The number of aromatic nitrogens is 5. The summed E-state index contributed by atoms with van der Waals surface area (Å²) < 4.78 is 9.26. The van der Waals surface area contributed by atoms with Crippen molar-refractivity contribution in [1.82, 2.24) is 29.2 Å². The molecule has 0 spiro atoms. The maximum atomic E-state index is 8.36. The van der Waals surface area contributed by atoms with E-state index in [1.165, 1.54) is 5.69 Å². The monoisotopic (exact) mass is 338 g/mol. The van der Waals surface area contributed by atoms with Gasteiger partial charge in [0.1, 0.15) is 18.0 Å². The summed E-state index contributed by atoms with van der Waals surface area (Å²) >= 11 is 0. The molecule has 0 aromatic carbocycles. The first-order valence-electron chi connectivity index (χ1n) is 7.55. The molecule has 0 atom stereocenters. The van der Waals surface area contributed by atoms with Gasteiger partial charge in [-0.1, -0.05) is 0 Å². The molecule has 0 aliphatic carbocycles. The van der Waals surface area contributed by atoms with E-state index in [2.05, 4.69) is 45.7 Å². The molecule has 2 aromatic heterocycles. The highest BCUT2D eigenvalue weighted by Crippen LogP contribution is 2.11. The van der Waals surface area contributed by atoms with Gasteiger partial charge in [0.05, 0.1) is 25.4 Å². The van der Waals surface area contributed by atoms with Crippen LogP contribution in [0.1, 0.15) is 23.0 Å². The molecule has 0 bridgehead atoms. The lowest BCUT2D eigenvalue weighted by Gasteiger charge is -2.16. The highest BCUT2D eigenvalue weighted by Gasteiger charge is 2.12. The van der Waals surface area contributed by atoms with Crippen molar-refractivity contribution in [2.75, 3.05) is 20.8 Å². The highest BCUT2D eigenvalue weighted by molar-refractivity contribution is 5.32. The summed E-state index contributed by atoms with van der Waals surface area (Å²) in [6.45, 7) is 6.82. The van der Waals surface area contributed by atoms with E-state index in [4.69, 9.17) is 14.6 Å². The van der Waals surface area contributed by atoms with E-state index in [0.29, 0.717) is 6.61 Å². The average molecular weight is 338 g/mol. The molecule has 2 heterocycles. The van der Waals surface area contributed by atoms with Crippen LogP contribution in [0.4, 0.5) is 0 Å². The van der Waals surface area contributed by atoms with Gasteiger partial charge in [-0.2, -0.15) is 0 Å². The van der Waals surface area contributed by atoms with Crippen LogP contribution in [0, 0.1) is 13.8 Å². The lowest BCUT2D eigenvalue weighted by Crippen LogP contribution is -2.22. The molecule has 1 N–H and O–H groups in total. The molecule has 0 saturated heterocycles. The normalized spacial score (nSPS) is 10.6. The number of ether oxygens (including phenoxy) is 1. The second-order valence-corrected chi connectivity index (χ2v) is 5.47. The van der Waals surface area contributed by atoms with E-state index < -0.39 is 0 Å². The number of methoxy groups -OCH3 is 1. The lowest BCUT2D eigenvalue weighted by atomic mass is 10.4. The third-order valence-electron chi connectivity index (χ3n) is 3.77. The second-order valence-electron chi connectivity index (χ2n) is 5.47. The molecule has 0 unspecified atom stereocenters. The van der Waals surface area contributed by atoms with Gasteiger partial charge in [-0.3, -0.25) is 9.69 Å². The number of hydrogen-bond donors (Lipinski definition) is 1. The van der Waals surface area contributed by atoms with Gasteiger partial charge in [0.25, 0.3) is 6.47 Å². The molecule has 2 rings (SSSR count). The molecule has 0 radical (unpaired) electrons. The van der Waals surface area contributed by atoms with Crippen molar-refractivity contribution in [2.45, 2.75) is 33.5 Å². The van der Waals surface area contributed by atoms with Crippen molar-refractivity contribution in [2.24, 2.45) is 7.05 Å². The molecule has 24 heavy (non-hydrogen) atoms. The summed E-state index contributed by atoms with van der Waals surface area (Å²) in [6.07, 6.45) is 1.75. The number of aryl methyl sites for hydroxylation is 1. The summed E-state index contributed by atoms with van der Waals surface area (Å²) in [4.78, 5) is 15.2. The topological polar surface area (TPSA) is 98.3 Å². The summed E-state index contributed by atoms with van der Waals surface area (Å²) in [6, 6.07) is 0. The molecule has 0 amide bonds. The average Bonchev–Trinajstić information content (AvgIpc) is 3.06. The Bertz CT molecular complexity index is 637. The van der Waals surface area contributed by atoms with Crippen LogP contribution < -0.4 is 0 Å². The van der Waals surface area contributed by atoms with E-state index in [9.17, 15) is 0 Å². The van der Waals surface area contributed by atoms with Crippen molar-refractivity contribution in [3.8, 4) is 0 Å². The Morgan fingerprint density at radius 1 is 1.33 bits per heavy atom. The van der Waals surface area contributed by atoms with Crippen molar-refractivity contribution < 1.29 is 14.6 Å². The number of rotatable bonds is 7. The zero-order chi connectivity index (χ0) is 18.1. The minimum Gasteiger partial charge on any atom is -0.483 e. The van der Waals surface area contributed by atoms with Crippen LogP contribution in [-0.4, -0.2) is 61.6 Å². The van der Waals surface area contributed by atoms with Crippen LogP contribution in [-0.2, 0) is 36.2 Å². The molecular formula is C15H26N6O3. The molecule has 9 heteroatoms. The molecular weight excluding hydrogens is 312 g/mol. The van der Waals surface area contributed by atoms with Gasteiger partial charge in [0, 0.05) is 26.4 Å². The van der Waals surface area contributed by atoms with E-state index in [-0.39, 0.29) is 6.47 Å². The minimum atomic E-state index is -0.250. The quantitative estimate of drug-likeness (QED) is 0.738. The van der Waals surface area contributed by atoms with E-state index >= 15 is 0 Å². The minimum absolute atomic E-state index is 0.250. The van der Waals surface area contributed by atoms with Crippen LogP contribution >= 0.6 is 0 Å². The number of carboxylic acid groups (broad SMARTS) is 1. The Hall–Kier alpha value is -2.26. The molecule has 134 valence electrons. The third-order valence-corrected chi connectivity index (χ3v) is 3.77. The van der Waals surface area contributed by atoms with Crippen molar-refractivity contribution >= 4 is 6.47 Å². The van der Waals surface area contributed by atoms with Crippen molar-refractivity contribution in [1.29, 1.82) is 0 Å². The number of hydrogen-bond acceptors (Lipinski definition) is 6. The first-order valence-corrected chi connectivity index (χ1v) is 7.55. The molecule has 0 fully saturated rings. The zero-order valence-electron chi connectivity index (χ0n) is 14.9. The van der Waals surface area contributed by atoms with Gasteiger partial charge in [-0.15, -0.1) is 10.2 Å².